The van der Waals surface area contributed by atoms with Crippen LogP contribution in [0.2, 0.25) is 0 Å². The lowest BCUT2D eigenvalue weighted by Crippen LogP contribution is -2.31. The lowest BCUT2D eigenvalue weighted by atomic mass is 10.2. The number of halogens is 1. The van der Waals surface area contributed by atoms with E-state index in [1.807, 2.05) is 0 Å². The summed E-state index contributed by atoms with van der Waals surface area (Å²) in [7, 11) is 0. The van der Waals surface area contributed by atoms with Crippen LogP contribution < -0.4 is 10.1 Å². The second-order valence-corrected chi connectivity index (χ2v) is 4.30. The van der Waals surface area contributed by atoms with Crippen molar-refractivity contribution >= 4 is 0 Å². The molecule has 1 saturated carbocycles. The number of hydrogen-bond acceptors (Lipinski definition) is 3. The quantitative estimate of drug-likeness (QED) is 0.761. The van der Waals surface area contributed by atoms with Crippen LogP contribution in [0.25, 0.3) is 0 Å². The molecule has 0 aromatic carbocycles. The normalized spacial score (nSPS) is 32.5. The Balaban J connectivity index is 1.55. The van der Waals surface area contributed by atoms with E-state index in [-0.39, 0.29) is 5.75 Å². The summed E-state index contributed by atoms with van der Waals surface area (Å²) in [5.74, 6) is 0.567. The van der Waals surface area contributed by atoms with E-state index in [0.717, 1.165) is 12.3 Å². The third-order valence-corrected chi connectivity index (χ3v) is 3.12. The Labute approximate surface area is 87.7 Å². The van der Waals surface area contributed by atoms with E-state index in [2.05, 4.69) is 10.3 Å². The van der Waals surface area contributed by atoms with Gasteiger partial charge >= 0.3 is 0 Å². The molecule has 1 N–H and O–H groups in total. The highest BCUT2D eigenvalue weighted by atomic mass is 19.1. The maximum atomic E-state index is 13.1. The van der Waals surface area contributed by atoms with Crippen LogP contribution in [0.15, 0.2) is 18.3 Å². The molecule has 0 amide bonds. The van der Waals surface area contributed by atoms with Crippen molar-refractivity contribution in [2.75, 3.05) is 6.61 Å². The number of nitrogens with one attached hydrogen (secondary N) is 1. The van der Waals surface area contributed by atoms with Gasteiger partial charge in [0.05, 0.1) is 0 Å². The molecule has 1 aromatic rings. The second kappa shape index (κ2) is 3.45. The van der Waals surface area contributed by atoms with Crippen molar-refractivity contribution in [1.82, 2.24) is 10.3 Å². The van der Waals surface area contributed by atoms with Crippen LogP contribution in [0.4, 0.5) is 4.39 Å². The first-order chi connectivity index (χ1) is 7.33. The highest BCUT2D eigenvalue weighted by Gasteiger charge is 2.45. The molecular weight excluding hydrogens is 195 g/mol. The second-order valence-electron chi connectivity index (χ2n) is 4.30. The molecule has 3 nitrogen and oxygen atoms in total. The van der Waals surface area contributed by atoms with Gasteiger partial charge in [0.25, 0.3) is 5.95 Å². The minimum absolute atomic E-state index is 0.250. The minimum Gasteiger partial charge on any atom is -0.487 e. The summed E-state index contributed by atoms with van der Waals surface area (Å²) in [6.45, 7) is 0.537. The fourth-order valence-electron chi connectivity index (χ4n) is 2.23. The van der Waals surface area contributed by atoms with Crippen LogP contribution in [0.3, 0.4) is 0 Å². The summed E-state index contributed by atoms with van der Waals surface area (Å²) < 4.78 is 18.5. The molecule has 1 aromatic heterocycles. The van der Waals surface area contributed by atoms with Gasteiger partial charge in [0.2, 0.25) is 0 Å². The van der Waals surface area contributed by atoms with Gasteiger partial charge in [-0.2, -0.15) is 4.39 Å². The van der Waals surface area contributed by atoms with E-state index in [1.165, 1.54) is 12.6 Å². The molecule has 0 bridgehead atoms. The predicted molar refractivity (Wildman–Crippen MR) is 53.1 cm³/mol. The Hall–Kier alpha value is -1.16. The first-order valence-corrected chi connectivity index (χ1v) is 5.32. The molecule has 15 heavy (non-hydrogen) atoms. The van der Waals surface area contributed by atoms with E-state index in [4.69, 9.17) is 4.74 Å². The van der Waals surface area contributed by atoms with Crippen LogP contribution >= 0.6 is 0 Å². The van der Waals surface area contributed by atoms with Gasteiger partial charge in [-0.15, -0.1) is 0 Å². The van der Waals surface area contributed by atoms with Gasteiger partial charge in [0.1, 0.15) is 6.61 Å². The number of rotatable bonds is 3. The smallest absolute Gasteiger partial charge is 0.255 e. The zero-order chi connectivity index (χ0) is 10.3. The Morgan fingerprint density at radius 3 is 3.20 bits per heavy atom. The van der Waals surface area contributed by atoms with Crippen LogP contribution in [-0.2, 0) is 0 Å². The van der Waals surface area contributed by atoms with Crippen molar-refractivity contribution in [2.45, 2.75) is 24.9 Å². The lowest BCUT2D eigenvalue weighted by Gasteiger charge is -2.14. The van der Waals surface area contributed by atoms with Crippen LogP contribution in [0.1, 0.15) is 12.8 Å². The summed E-state index contributed by atoms with van der Waals surface area (Å²) in [6, 6.07) is 4.38. The van der Waals surface area contributed by atoms with Crippen LogP contribution in [0.5, 0.6) is 5.75 Å². The molecule has 2 aliphatic rings. The van der Waals surface area contributed by atoms with Crippen molar-refractivity contribution in [3.8, 4) is 5.75 Å². The zero-order valence-electron chi connectivity index (χ0n) is 8.32. The molecule has 3 rings (SSSR count). The third kappa shape index (κ3) is 1.81. The average Bonchev–Trinajstić information content (AvgIpc) is 2.85. The van der Waals surface area contributed by atoms with Gasteiger partial charge in [-0.25, -0.2) is 4.98 Å². The Morgan fingerprint density at radius 1 is 1.53 bits per heavy atom. The first-order valence-electron chi connectivity index (χ1n) is 5.32. The van der Waals surface area contributed by atoms with Gasteiger partial charge < -0.3 is 10.1 Å². The fourth-order valence-corrected chi connectivity index (χ4v) is 2.23. The summed E-state index contributed by atoms with van der Waals surface area (Å²) in [4.78, 5) is 3.54. The molecule has 1 saturated heterocycles. The monoisotopic (exact) mass is 208 g/mol. The topological polar surface area (TPSA) is 34.1 Å². The highest BCUT2D eigenvalue weighted by Crippen LogP contribution is 2.40. The Morgan fingerprint density at radius 2 is 2.47 bits per heavy atom. The van der Waals surface area contributed by atoms with Crippen molar-refractivity contribution in [1.29, 1.82) is 0 Å². The molecule has 0 radical (unpaired) electrons. The summed E-state index contributed by atoms with van der Waals surface area (Å²) in [5, 5.41) is 3.45. The number of piperidine rings is 1. The largest absolute Gasteiger partial charge is 0.487 e. The van der Waals surface area contributed by atoms with Crippen molar-refractivity contribution < 1.29 is 9.13 Å². The summed E-state index contributed by atoms with van der Waals surface area (Å²) in [6.07, 6.45) is 3.88. The van der Waals surface area contributed by atoms with Crippen LogP contribution in [-0.4, -0.2) is 23.7 Å². The number of aromatic nitrogens is 1. The first kappa shape index (κ1) is 9.09. The summed E-state index contributed by atoms with van der Waals surface area (Å²) in [5.41, 5.74) is 0. The highest BCUT2D eigenvalue weighted by molar-refractivity contribution is 5.18. The SMILES string of the molecule is Fc1ncccc1OC[C@@H]1C[C@H]2C[C@H]2N1. The average molecular weight is 208 g/mol. The predicted octanol–water partition coefficient (Wildman–Crippen LogP) is 1.35. The molecule has 3 atom stereocenters. The molecule has 1 aliphatic heterocycles. The molecule has 80 valence electrons. The van der Waals surface area contributed by atoms with E-state index in [1.54, 1.807) is 12.1 Å². The van der Waals surface area contributed by atoms with Crippen molar-refractivity contribution in [2.24, 2.45) is 5.92 Å². The molecule has 2 fully saturated rings. The molecule has 0 unspecified atom stereocenters. The maximum Gasteiger partial charge on any atom is 0.255 e. The number of ether oxygens (including phenoxy) is 1. The van der Waals surface area contributed by atoms with Crippen molar-refractivity contribution in [3.05, 3.63) is 24.3 Å². The number of fused-ring (bicyclic) bond motifs is 1. The molecule has 1 aliphatic carbocycles. The Bertz CT molecular complexity index is 361. The van der Waals surface area contributed by atoms with Gasteiger partial charge in [0.15, 0.2) is 5.75 Å². The van der Waals surface area contributed by atoms with E-state index < -0.39 is 5.95 Å². The van der Waals surface area contributed by atoms with E-state index in [9.17, 15) is 4.39 Å². The third-order valence-electron chi connectivity index (χ3n) is 3.12. The fraction of sp³-hybridized carbons (Fsp3) is 0.545. The molecule has 4 heteroatoms. The summed E-state index contributed by atoms with van der Waals surface area (Å²) >= 11 is 0. The molecule has 2 heterocycles. The lowest BCUT2D eigenvalue weighted by molar-refractivity contribution is 0.254. The minimum atomic E-state index is -0.527. The van der Waals surface area contributed by atoms with Gasteiger partial charge in [-0.05, 0) is 30.9 Å². The maximum absolute atomic E-state index is 13.1. The van der Waals surface area contributed by atoms with Gasteiger partial charge in [0, 0.05) is 18.3 Å². The van der Waals surface area contributed by atoms with Crippen LogP contribution in [0, 0.1) is 11.9 Å². The number of nitrogens with zero attached hydrogens (tertiary/aromatic N) is 1. The van der Waals surface area contributed by atoms with Crippen molar-refractivity contribution in [3.63, 3.8) is 0 Å². The van der Waals surface area contributed by atoms with E-state index in [0.29, 0.717) is 18.7 Å². The zero-order valence-corrected chi connectivity index (χ0v) is 8.32. The van der Waals surface area contributed by atoms with E-state index >= 15 is 0 Å². The van der Waals surface area contributed by atoms with Gasteiger partial charge in [-0.1, -0.05) is 0 Å². The molecule has 0 spiro atoms. The standard InChI is InChI=1S/C11H13FN2O/c12-11-10(2-1-3-13-11)15-6-8-4-7-5-9(7)14-8/h1-3,7-9,14H,4-6H2/t7-,8-,9+/m0/s1. The Kier molecular flexibility index (Phi) is 2.09. The molecular formula is C11H13FN2O. The van der Waals surface area contributed by atoms with Gasteiger partial charge in [-0.3, -0.25) is 0 Å². The number of hydrogen-bond donors (Lipinski definition) is 1. The number of pyridine rings is 1.